The molecular weight excluding hydrogens is 254 g/mol. The highest BCUT2D eigenvalue weighted by Gasteiger charge is 2.28. The molecule has 1 unspecified atom stereocenters. The minimum Gasteiger partial charge on any atom is -0.344 e. The third-order valence-electron chi connectivity index (χ3n) is 3.69. The third-order valence-corrected chi connectivity index (χ3v) is 3.69. The minimum atomic E-state index is -0.0769. The molecule has 1 amide bonds. The Morgan fingerprint density at radius 3 is 2.85 bits per heavy atom. The van der Waals surface area contributed by atoms with Crippen LogP contribution in [0.3, 0.4) is 0 Å². The van der Waals surface area contributed by atoms with Gasteiger partial charge in [-0.25, -0.2) is 0 Å². The van der Waals surface area contributed by atoms with Crippen molar-refractivity contribution in [2.75, 3.05) is 7.05 Å². The smallest absolute Gasteiger partial charge is 0.255 e. The van der Waals surface area contributed by atoms with Crippen LogP contribution in [-0.2, 0) is 0 Å². The molecule has 0 saturated heterocycles. The Bertz CT molecular complexity index is 516. The number of hydrazone groups is 1. The summed E-state index contributed by atoms with van der Waals surface area (Å²) in [7, 11) is 1.75. The lowest BCUT2D eigenvalue weighted by Crippen LogP contribution is -2.40. The highest BCUT2D eigenvalue weighted by Crippen LogP contribution is 2.35. The Labute approximate surface area is 119 Å². The zero-order valence-corrected chi connectivity index (χ0v) is 12.6. The lowest BCUT2D eigenvalue weighted by Gasteiger charge is -2.16. The molecular formula is C14H23N5O. The molecule has 6 heteroatoms. The maximum Gasteiger partial charge on any atom is 0.255 e. The molecule has 1 aromatic rings. The summed E-state index contributed by atoms with van der Waals surface area (Å²) in [5.41, 5.74) is 5.23. The van der Waals surface area contributed by atoms with Gasteiger partial charge in [-0.3, -0.25) is 9.48 Å². The summed E-state index contributed by atoms with van der Waals surface area (Å²) in [6.07, 6.45) is 4.79. The quantitative estimate of drug-likeness (QED) is 0.613. The van der Waals surface area contributed by atoms with Crippen LogP contribution in [0.1, 0.15) is 55.2 Å². The van der Waals surface area contributed by atoms with Gasteiger partial charge in [-0.1, -0.05) is 6.92 Å². The first-order chi connectivity index (χ1) is 9.58. The second-order valence-electron chi connectivity index (χ2n) is 5.23. The number of nitrogens with one attached hydrogen (secondary N) is 2. The molecule has 0 aromatic carbocycles. The number of nitrogens with zero attached hydrogens (tertiary/aromatic N) is 3. The van der Waals surface area contributed by atoms with Gasteiger partial charge in [-0.05, 0) is 33.1 Å². The highest BCUT2D eigenvalue weighted by molar-refractivity contribution is 5.99. The van der Waals surface area contributed by atoms with Crippen molar-refractivity contribution in [1.82, 2.24) is 20.5 Å². The van der Waals surface area contributed by atoms with Crippen LogP contribution < -0.4 is 10.7 Å². The summed E-state index contributed by atoms with van der Waals surface area (Å²) in [5.74, 6) is -0.0769. The molecule has 0 aliphatic heterocycles. The van der Waals surface area contributed by atoms with E-state index in [1.165, 1.54) is 0 Å². The Hall–Kier alpha value is -1.85. The van der Waals surface area contributed by atoms with E-state index < -0.39 is 0 Å². The first-order valence-electron chi connectivity index (χ1n) is 7.14. The van der Waals surface area contributed by atoms with Gasteiger partial charge in [-0.15, -0.1) is 0 Å². The van der Waals surface area contributed by atoms with Crippen molar-refractivity contribution in [2.45, 2.75) is 52.1 Å². The molecule has 20 heavy (non-hydrogen) atoms. The van der Waals surface area contributed by atoms with Crippen LogP contribution >= 0.6 is 0 Å². The average molecular weight is 277 g/mol. The van der Waals surface area contributed by atoms with Crippen LogP contribution in [0.2, 0.25) is 0 Å². The fourth-order valence-electron chi connectivity index (χ4n) is 2.33. The second kappa shape index (κ2) is 6.07. The summed E-state index contributed by atoms with van der Waals surface area (Å²) in [6, 6.07) is 0.435. The van der Waals surface area contributed by atoms with Gasteiger partial charge in [0.05, 0.1) is 29.6 Å². The van der Waals surface area contributed by atoms with Crippen LogP contribution in [0.5, 0.6) is 0 Å². The lowest BCUT2D eigenvalue weighted by atomic mass is 10.1. The van der Waals surface area contributed by atoms with Crippen LogP contribution in [0.25, 0.3) is 0 Å². The number of hydrogen-bond acceptors (Lipinski definition) is 4. The van der Waals surface area contributed by atoms with E-state index in [9.17, 15) is 4.79 Å². The number of aromatic nitrogens is 2. The molecule has 0 spiro atoms. The van der Waals surface area contributed by atoms with Crippen LogP contribution in [0, 0.1) is 6.92 Å². The fourth-order valence-corrected chi connectivity index (χ4v) is 2.33. The molecule has 1 fully saturated rings. The van der Waals surface area contributed by atoms with E-state index in [-0.39, 0.29) is 11.9 Å². The molecule has 2 N–H and O–H groups in total. The predicted molar refractivity (Wildman–Crippen MR) is 78.9 cm³/mol. The van der Waals surface area contributed by atoms with Crippen molar-refractivity contribution in [3.05, 3.63) is 17.5 Å². The molecule has 6 nitrogen and oxygen atoms in total. The molecule has 1 saturated carbocycles. The molecule has 0 radical (unpaired) electrons. The first kappa shape index (κ1) is 14.6. The molecule has 1 heterocycles. The summed E-state index contributed by atoms with van der Waals surface area (Å²) >= 11 is 0. The topological polar surface area (TPSA) is 71.3 Å². The van der Waals surface area contributed by atoms with Gasteiger partial charge >= 0.3 is 0 Å². The van der Waals surface area contributed by atoms with E-state index in [1.54, 1.807) is 13.2 Å². The zero-order chi connectivity index (χ0) is 14.7. The highest BCUT2D eigenvalue weighted by atomic mass is 16.1. The normalized spacial score (nSPS) is 16.9. The van der Waals surface area contributed by atoms with Crippen LogP contribution in [0.15, 0.2) is 11.3 Å². The fraction of sp³-hybridized carbons (Fsp3) is 0.643. The number of hydrogen-bond donors (Lipinski definition) is 2. The van der Waals surface area contributed by atoms with Crippen molar-refractivity contribution < 1.29 is 4.79 Å². The van der Waals surface area contributed by atoms with Gasteiger partial charge in [0.1, 0.15) is 0 Å². The Morgan fingerprint density at radius 1 is 1.60 bits per heavy atom. The maximum atomic E-state index is 12.4. The van der Waals surface area contributed by atoms with E-state index >= 15 is 0 Å². The van der Waals surface area contributed by atoms with Crippen molar-refractivity contribution in [3.8, 4) is 0 Å². The molecule has 1 atom stereocenters. The van der Waals surface area contributed by atoms with Crippen molar-refractivity contribution in [2.24, 2.45) is 5.10 Å². The minimum absolute atomic E-state index is 0.0568. The molecule has 1 aliphatic rings. The molecule has 1 aliphatic carbocycles. The number of carbonyl (C=O) groups is 1. The summed E-state index contributed by atoms with van der Waals surface area (Å²) in [6.45, 7) is 5.89. The molecule has 0 bridgehead atoms. The number of rotatable bonds is 6. The van der Waals surface area contributed by atoms with E-state index in [2.05, 4.69) is 20.9 Å². The summed E-state index contributed by atoms with van der Waals surface area (Å²) in [4.78, 5) is 12.4. The zero-order valence-electron chi connectivity index (χ0n) is 12.6. The van der Waals surface area contributed by atoms with E-state index in [0.29, 0.717) is 11.6 Å². The largest absolute Gasteiger partial charge is 0.344 e. The molecule has 1 aromatic heterocycles. The predicted octanol–water partition coefficient (Wildman–Crippen LogP) is 1.63. The maximum absolute atomic E-state index is 12.4. The van der Waals surface area contributed by atoms with Gasteiger partial charge in [0, 0.05) is 12.7 Å². The van der Waals surface area contributed by atoms with Gasteiger partial charge in [0.15, 0.2) is 0 Å². The van der Waals surface area contributed by atoms with Crippen molar-refractivity contribution in [1.29, 1.82) is 0 Å². The third kappa shape index (κ3) is 3.00. The Balaban J connectivity index is 2.09. The molecule has 2 rings (SSSR count). The van der Waals surface area contributed by atoms with Gasteiger partial charge < -0.3 is 10.7 Å². The van der Waals surface area contributed by atoms with Crippen molar-refractivity contribution >= 4 is 11.6 Å². The Kier molecular flexibility index (Phi) is 4.42. The van der Waals surface area contributed by atoms with E-state index in [0.717, 1.165) is 30.7 Å². The number of carbonyl (C=O) groups excluding carboxylic acids is 1. The summed E-state index contributed by atoms with van der Waals surface area (Å²) in [5, 5.41) is 11.5. The number of amides is 1. The van der Waals surface area contributed by atoms with Gasteiger partial charge in [0.2, 0.25) is 0 Å². The second-order valence-corrected chi connectivity index (χ2v) is 5.23. The summed E-state index contributed by atoms with van der Waals surface area (Å²) < 4.78 is 1.96. The van der Waals surface area contributed by atoms with Gasteiger partial charge in [-0.2, -0.15) is 10.2 Å². The first-order valence-corrected chi connectivity index (χ1v) is 7.14. The Morgan fingerprint density at radius 2 is 2.30 bits per heavy atom. The van der Waals surface area contributed by atoms with E-state index in [1.807, 2.05) is 25.5 Å². The van der Waals surface area contributed by atoms with Gasteiger partial charge in [0.25, 0.3) is 5.91 Å². The monoisotopic (exact) mass is 277 g/mol. The average Bonchev–Trinajstić information content (AvgIpc) is 3.19. The SMILES string of the molecule is CCC(NC(=O)c1cnn(C2CC2)c1C)/C(C)=N/NC. The van der Waals surface area contributed by atoms with Crippen LogP contribution in [-0.4, -0.2) is 34.5 Å². The lowest BCUT2D eigenvalue weighted by molar-refractivity contribution is 0.0945. The van der Waals surface area contributed by atoms with E-state index in [4.69, 9.17) is 0 Å². The van der Waals surface area contributed by atoms with Crippen LogP contribution in [0.4, 0.5) is 0 Å². The standard InChI is InChI=1S/C14H23N5O/c1-5-13(9(2)18-15-4)17-14(20)12-8-16-19(10(12)3)11-6-7-11/h8,11,13,15H,5-7H2,1-4H3,(H,17,20)/b18-9+. The molecule has 110 valence electrons. The van der Waals surface area contributed by atoms with Crippen molar-refractivity contribution in [3.63, 3.8) is 0 Å².